The number of aliphatic hydroxyl groups is 4. The second kappa shape index (κ2) is 5.55. The average molecular weight is 235 g/mol. The number of rotatable bonds is 2. The van der Waals surface area contributed by atoms with Crippen molar-refractivity contribution < 1.29 is 30.0 Å². The van der Waals surface area contributed by atoms with Crippen molar-refractivity contribution in [3.8, 4) is 0 Å². The zero-order valence-corrected chi connectivity index (χ0v) is 8.91. The lowest BCUT2D eigenvalue weighted by molar-refractivity contribution is -0.172. The standard InChI is InChI=1S/C9H17NO6/c1-4(12)10-5-2-7(13)16-6(3-11)9(15)8(5)14/h5-9,11,13-15H,2-3H2,1H3,(H,10,12)/t5?,6?,7-,8?,9+/m1/s1. The molecular weight excluding hydrogens is 218 g/mol. The Morgan fingerprint density at radius 2 is 2.00 bits per heavy atom. The number of hydrogen-bond donors (Lipinski definition) is 5. The fourth-order valence-electron chi connectivity index (χ4n) is 1.71. The highest BCUT2D eigenvalue weighted by molar-refractivity contribution is 5.73. The molecule has 1 aliphatic rings. The summed E-state index contributed by atoms with van der Waals surface area (Å²) < 4.78 is 4.90. The van der Waals surface area contributed by atoms with Gasteiger partial charge in [-0.1, -0.05) is 0 Å². The molecule has 1 aliphatic heterocycles. The van der Waals surface area contributed by atoms with Gasteiger partial charge in [0, 0.05) is 13.3 Å². The lowest BCUT2D eigenvalue weighted by Gasteiger charge is -2.26. The molecule has 0 spiro atoms. The fraction of sp³-hybridized carbons (Fsp3) is 0.889. The Kier molecular flexibility index (Phi) is 4.63. The quantitative estimate of drug-likeness (QED) is 0.355. The predicted molar refractivity (Wildman–Crippen MR) is 52.2 cm³/mol. The number of hydrogen-bond acceptors (Lipinski definition) is 6. The maximum Gasteiger partial charge on any atom is 0.217 e. The van der Waals surface area contributed by atoms with E-state index in [2.05, 4.69) is 5.32 Å². The molecule has 0 aromatic rings. The molecule has 1 amide bonds. The summed E-state index contributed by atoms with van der Waals surface area (Å²) in [6, 6.07) is -0.806. The molecule has 0 saturated carbocycles. The number of ether oxygens (including phenoxy) is 1. The zero-order chi connectivity index (χ0) is 12.3. The number of nitrogens with one attached hydrogen (secondary N) is 1. The monoisotopic (exact) mass is 235 g/mol. The molecule has 1 rings (SSSR count). The summed E-state index contributed by atoms with van der Waals surface area (Å²) in [5.74, 6) is -0.383. The smallest absolute Gasteiger partial charge is 0.217 e. The first-order valence-electron chi connectivity index (χ1n) is 5.03. The Bertz CT molecular complexity index is 248. The second-order valence-corrected chi connectivity index (χ2v) is 3.84. The Morgan fingerprint density at radius 1 is 1.38 bits per heavy atom. The van der Waals surface area contributed by atoms with E-state index in [1.807, 2.05) is 0 Å². The summed E-state index contributed by atoms with van der Waals surface area (Å²) >= 11 is 0. The van der Waals surface area contributed by atoms with E-state index >= 15 is 0 Å². The van der Waals surface area contributed by atoms with Crippen molar-refractivity contribution >= 4 is 5.91 Å². The first kappa shape index (κ1) is 13.3. The summed E-state index contributed by atoms with van der Waals surface area (Å²) in [7, 11) is 0. The lowest BCUT2D eigenvalue weighted by Crippen LogP contribution is -2.50. The van der Waals surface area contributed by atoms with Gasteiger partial charge < -0.3 is 30.5 Å². The normalized spacial score (nSPS) is 40.2. The minimum Gasteiger partial charge on any atom is -0.394 e. The van der Waals surface area contributed by atoms with E-state index in [4.69, 9.17) is 9.84 Å². The van der Waals surface area contributed by atoms with Crippen LogP contribution in [0.3, 0.4) is 0 Å². The minimum atomic E-state index is -1.36. The van der Waals surface area contributed by atoms with Crippen LogP contribution in [-0.2, 0) is 9.53 Å². The third kappa shape index (κ3) is 3.13. The number of amides is 1. The Morgan fingerprint density at radius 3 is 2.50 bits per heavy atom. The maximum atomic E-state index is 10.9. The molecule has 3 unspecified atom stereocenters. The van der Waals surface area contributed by atoms with Gasteiger partial charge >= 0.3 is 0 Å². The molecule has 1 saturated heterocycles. The first-order valence-corrected chi connectivity index (χ1v) is 5.03. The Balaban J connectivity index is 2.76. The molecular formula is C9H17NO6. The molecule has 1 fully saturated rings. The highest BCUT2D eigenvalue weighted by Gasteiger charge is 2.39. The van der Waals surface area contributed by atoms with E-state index in [-0.39, 0.29) is 12.3 Å². The van der Waals surface area contributed by atoms with Crippen LogP contribution < -0.4 is 5.32 Å². The van der Waals surface area contributed by atoms with Crippen molar-refractivity contribution in [2.45, 2.75) is 44.0 Å². The largest absolute Gasteiger partial charge is 0.394 e. The molecule has 5 N–H and O–H groups in total. The molecule has 1 heterocycles. The van der Waals surface area contributed by atoms with Gasteiger partial charge in [-0.2, -0.15) is 0 Å². The van der Waals surface area contributed by atoms with Gasteiger partial charge in [0.15, 0.2) is 6.29 Å². The summed E-state index contributed by atoms with van der Waals surface area (Å²) in [6.07, 6.45) is -5.02. The fourth-order valence-corrected chi connectivity index (χ4v) is 1.71. The zero-order valence-electron chi connectivity index (χ0n) is 8.91. The predicted octanol–water partition coefficient (Wildman–Crippen LogP) is -2.69. The van der Waals surface area contributed by atoms with Crippen LogP contribution >= 0.6 is 0 Å². The summed E-state index contributed by atoms with van der Waals surface area (Å²) in [5, 5.41) is 40.0. The third-order valence-electron chi connectivity index (χ3n) is 2.50. The van der Waals surface area contributed by atoms with Crippen LogP contribution in [0.25, 0.3) is 0 Å². The summed E-state index contributed by atoms with van der Waals surface area (Å²) in [4.78, 5) is 10.9. The lowest BCUT2D eigenvalue weighted by atomic mass is 10.0. The molecule has 5 atom stereocenters. The highest BCUT2D eigenvalue weighted by Crippen LogP contribution is 2.19. The third-order valence-corrected chi connectivity index (χ3v) is 2.50. The second-order valence-electron chi connectivity index (χ2n) is 3.84. The van der Waals surface area contributed by atoms with Gasteiger partial charge in [-0.05, 0) is 0 Å². The van der Waals surface area contributed by atoms with Crippen molar-refractivity contribution in [1.82, 2.24) is 5.32 Å². The van der Waals surface area contributed by atoms with Crippen LogP contribution in [0.15, 0.2) is 0 Å². The number of carbonyl (C=O) groups excluding carboxylic acids is 1. The molecule has 0 aromatic carbocycles. The van der Waals surface area contributed by atoms with E-state index in [9.17, 15) is 20.1 Å². The molecule has 0 aromatic heterocycles. The molecule has 94 valence electrons. The average Bonchev–Trinajstić information content (AvgIpc) is 2.30. The van der Waals surface area contributed by atoms with Crippen LogP contribution in [0.5, 0.6) is 0 Å². The van der Waals surface area contributed by atoms with Gasteiger partial charge in [-0.25, -0.2) is 0 Å². The van der Waals surface area contributed by atoms with Gasteiger partial charge in [-0.15, -0.1) is 0 Å². The van der Waals surface area contributed by atoms with E-state index in [0.29, 0.717) is 0 Å². The molecule has 16 heavy (non-hydrogen) atoms. The van der Waals surface area contributed by atoms with E-state index < -0.39 is 37.3 Å². The van der Waals surface area contributed by atoms with Gasteiger partial charge in [0.1, 0.15) is 18.3 Å². The van der Waals surface area contributed by atoms with E-state index in [0.717, 1.165) is 0 Å². The van der Waals surface area contributed by atoms with E-state index in [1.54, 1.807) is 0 Å². The number of carbonyl (C=O) groups is 1. The van der Waals surface area contributed by atoms with Crippen LogP contribution in [0.1, 0.15) is 13.3 Å². The minimum absolute atomic E-state index is 0.0473. The Hall–Kier alpha value is -0.730. The van der Waals surface area contributed by atoms with Crippen LogP contribution in [0, 0.1) is 0 Å². The molecule has 0 aliphatic carbocycles. The maximum absolute atomic E-state index is 10.9. The van der Waals surface area contributed by atoms with E-state index in [1.165, 1.54) is 6.92 Å². The molecule has 7 nitrogen and oxygen atoms in total. The first-order chi connectivity index (χ1) is 7.45. The summed E-state index contributed by atoms with van der Waals surface area (Å²) in [5.41, 5.74) is 0. The van der Waals surface area contributed by atoms with Crippen molar-refractivity contribution in [2.75, 3.05) is 6.61 Å². The highest BCUT2D eigenvalue weighted by atomic mass is 16.6. The van der Waals surface area contributed by atoms with Crippen molar-refractivity contribution in [2.24, 2.45) is 0 Å². The van der Waals surface area contributed by atoms with Crippen LogP contribution in [-0.4, -0.2) is 63.6 Å². The number of aliphatic hydroxyl groups excluding tert-OH is 4. The topological polar surface area (TPSA) is 119 Å². The Labute approximate surface area is 92.7 Å². The van der Waals surface area contributed by atoms with Gasteiger partial charge in [0.25, 0.3) is 0 Å². The van der Waals surface area contributed by atoms with Gasteiger partial charge in [0.05, 0.1) is 12.6 Å². The van der Waals surface area contributed by atoms with Gasteiger partial charge in [0.2, 0.25) is 5.91 Å². The summed E-state index contributed by atoms with van der Waals surface area (Å²) in [6.45, 7) is 0.739. The molecule has 7 heteroatoms. The van der Waals surface area contributed by atoms with Crippen molar-refractivity contribution in [1.29, 1.82) is 0 Å². The van der Waals surface area contributed by atoms with Crippen molar-refractivity contribution in [3.05, 3.63) is 0 Å². The van der Waals surface area contributed by atoms with Gasteiger partial charge in [-0.3, -0.25) is 4.79 Å². The molecule has 0 bridgehead atoms. The van der Waals surface area contributed by atoms with Crippen LogP contribution in [0.4, 0.5) is 0 Å². The molecule has 0 radical (unpaired) electrons. The van der Waals surface area contributed by atoms with Crippen LogP contribution in [0.2, 0.25) is 0 Å². The van der Waals surface area contributed by atoms with Crippen molar-refractivity contribution in [3.63, 3.8) is 0 Å². The SMILES string of the molecule is CC(=O)NC1C[C@H](O)OC(CO)[C@H](O)C1O.